The van der Waals surface area contributed by atoms with Crippen LogP contribution < -0.4 is 16.2 Å². The summed E-state index contributed by atoms with van der Waals surface area (Å²) in [5.41, 5.74) is 6.27. The van der Waals surface area contributed by atoms with E-state index >= 15 is 4.39 Å². The highest BCUT2D eigenvalue weighted by molar-refractivity contribution is 5.72. The maximum atomic E-state index is 15.3. The minimum Gasteiger partial charge on any atom is -0.497 e. The summed E-state index contributed by atoms with van der Waals surface area (Å²) in [6.45, 7) is 1.22. The lowest BCUT2D eigenvalue weighted by atomic mass is 10.1. The Morgan fingerprint density at radius 3 is 2.57 bits per heavy atom. The molecule has 2 aromatic heterocycles. The lowest BCUT2D eigenvalue weighted by Crippen LogP contribution is -2.37. The van der Waals surface area contributed by atoms with E-state index in [-0.39, 0.29) is 18.1 Å². The second kappa shape index (κ2) is 9.70. The molecular weight excluding hydrogens is 465 g/mol. The molecule has 0 spiro atoms. The van der Waals surface area contributed by atoms with Crippen molar-refractivity contribution in [3.05, 3.63) is 46.5 Å². The number of imidazole rings is 1. The van der Waals surface area contributed by atoms with E-state index in [0.29, 0.717) is 11.3 Å². The maximum absolute atomic E-state index is 15.3. The Morgan fingerprint density at radius 1 is 1.23 bits per heavy atom. The van der Waals surface area contributed by atoms with E-state index < -0.39 is 48.7 Å². The van der Waals surface area contributed by atoms with Gasteiger partial charge in [0.1, 0.15) is 17.4 Å². The fourth-order valence-corrected chi connectivity index (χ4v) is 4.00. The number of hydrogen-bond donors (Lipinski definition) is 1. The Kier molecular flexibility index (Phi) is 6.69. The van der Waals surface area contributed by atoms with E-state index in [1.807, 2.05) is 0 Å². The smallest absolute Gasteiger partial charge is 0.332 e. The number of aromatic nitrogens is 4. The van der Waals surface area contributed by atoms with Crippen LogP contribution in [0.25, 0.3) is 11.2 Å². The van der Waals surface area contributed by atoms with Crippen LogP contribution in [0.4, 0.5) is 10.3 Å². The molecule has 0 unspecified atom stereocenters. The summed E-state index contributed by atoms with van der Waals surface area (Å²) in [4.78, 5) is 45.2. The molecule has 3 heterocycles. The van der Waals surface area contributed by atoms with Crippen LogP contribution in [0.5, 0.6) is 5.75 Å². The van der Waals surface area contributed by atoms with Crippen molar-refractivity contribution >= 4 is 29.1 Å². The Balaban J connectivity index is 1.81. The maximum Gasteiger partial charge on any atom is 0.332 e. The molecule has 1 aliphatic rings. The molecule has 0 aliphatic carbocycles. The van der Waals surface area contributed by atoms with E-state index in [0.717, 1.165) is 24.2 Å². The van der Waals surface area contributed by atoms with Crippen molar-refractivity contribution in [2.75, 3.05) is 20.0 Å². The number of nitrogen functional groups attached to an aromatic ring is 1. The van der Waals surface area contributed by atoms with E-state index in [1.165, 1.54) is 10.8 Å². The van der Waals surface area contributed by atoms with Crippen LogP contribution in [0.15, 0.2) is 35.3 Å². The van der Waals surface area contributed by atoms with Gasteiger partial charge in [-0.25, -0.2) is 18.7 Å². The monoisotopic (exact) mass is 489 g/mol. The lowest BCUT2D eigenvalue weighted by Gasteiger charge is -2.19. The Morgan fingerprint density at radius 2 is 1.94 bits per heavy atom. The molecule has 35 heavy (non-hydrogen) atoms. The molecule has 3 aromatic rings. The SMILES string of the molecule is COC(=O)C[C@H]1O[C@@H](n2c(=O)n(Cc3ccc(OC)cc3)c3cnc(N)nc32)[C@H](OC(C)=O)[C@@H]1F. The predicted octanol–water partition coefficient (Wildman–Crippen LogP) is 0.962. The van der Waals surface area contributed by atoms with Crippen molar-refractivity contribution in [1.29, 1.82) is 0 Å². The fraction of sp³-hybridized carbons (Fsp3) is 0.409. The number of methoxy groups -OCH3 is 2. The summed E-state index contributed by atoms with van der Waals surface area (Å²) in [7, 11) is 2.70. The van der Waals surface area contributed by atoms with Crippen molar-refractivity contribution in [2.24, 2.45) is 0 Å². The van der Waals surface area contributed by atoms with E-state index in [9.17, 15) is 14.4 Å². The number of nitrogens with zero attached hydrogens (tertiary/aromatic N) is 4. The molecule has 13 heteroatoms. The zero-order valence-corrected chi connectivity index (χ0v) is 19.2. The van der Waals surface area contributed by atoms with Gasteiger partial charge in [0.15, 0.2) is 24.2 Å². The summed E-state index contributed by atoms with van der Waals surface area (Å²) in [6, 6.07) is 7.06. The summed E-state index contributed by atoms with van der Waals surface area (Å²) in [6.07, 6.45) is -5.23. The topological polar surface area (TPSA) is 150 Å². The summed E-state index contributed by atoms with van der Waals surface area (Å²) >= 11 is 0. The molecule has 1 fully saturated rings. The van der Waals surface area contributed by atoms with Gasteiger partial charge < -0.3 is 24.7 Å². The van der Waals surface area contributed by atoms with Crippen LogP contribution in [0.1, 0.15) is 25.1 Å². The first-order valence-electron chi connectivity index (χ1n) is 10.6. The van der Waals surface area contributed by atoms with E-state index in [4.69, 9.17) is 19.9 Å². The largest absolute Gasteiger partial charge is 0.497 e. The highest BCUT2D eigenvalue weighted by atomic mass is 19.1. The number of ether oxygens (including phenoxy) is 4. The van der Waals surface area contributed by atoms with Gasteiger partial charge in [-0.2, -0.15) is 4.98 Å². The summed E-state index contributed by atoms with van der Waals surface area (Å²) in [5.74, 6) is -0.985. The molecule has 1 aliphatic heterocycles. The molecule has 0 saturated carbocycles. The summed E-state index contributed by atoms with van der Waals surface area (Å²) < 4.78 is 38.4. The zero-order valence-electron chi connectivity index (χ0n) is 19.2. The van der Waals surface area contributed by atoms with Gasteiger partial charge in [0.2, 0.25) is 5.95 Å². The Hall–Kier alpha value is -4.00. The minimum absolute atomic E-state index is 0.0593. The number of nitrogens with two attached hydrogens (primary N) is 1. The molecule has 0 amide bonds. The van der Waals surface area contributed by atoms with Gasteiger partial charge in [0, 0.05) is 6.92 Å². The molecule has 186 valence electrons. The number of carbonyl (C=O) groups excluding carboxylic acids is 2. The molecule has 2 N–H and O–H groups in total. The number of halogens is 1. The first kappa shape index (κ1) is 24.1. The third kappa shape index (κ3) is 4.67. The number of benzene rings is 1. The van der Waals surface area contributed by atoms with Gasteiger partial charge in [-0.05, 0) is 17.7 Å². The van der Waals surface area contributed by atoms with E-state index in [1.54, 1.807) is 31.4 Å². The zero-order chi connectivity index (χ0) is 25.3. The van der Waals surface area contributed by atoms with Crippen LogP contribution in [0, 0.1) is 0 Å². The van der Waals surface area contributed by atoms with Crippen LogP contribution >= 0.6 is 0 Å². The number of rotatable bonds is 7. The molecule has 1 aromatic carbocycles. The highest BCUT2D eigenvalue weighted by Crippen LogP contribution is 2.36. The van der Waals surface area contributed by atoms with Crippen LogP contribution in [0.3, 0.4) is 0 Å². The van der Waals surface area contributed by atoms with Crippen LogP contribution in [0.2, 0.25) is 0 Å². The van der Waals surface area contributed by atoms with Gasteiger partial charge in [0.05, 0.1) is 33.4 Å². The van der Waals surface area contributed by atoms with Crippen molar-refractivity contribution in [2.45, 2.75) is 44.5 Å². The minimum atomic E-state index is -1.91. The van der Waals surface area contributed by atoms with Gasteiger partial charge in [0.25, 0.3) is 0 Å². The average Bonchev–Trinajstić information content (AvgIpc) is 3.26. The third-order valence-electron chi connectivity index (χ3n) is 5.64. The van der Waals surface area contributed by atoms with Crippen molar-refractivity contribution < 1.29 is 32.9 Å². The predicted molar refractivity (Wildman–Crippen MR) is 119 cm³/mol. The first-order chi connectivity index (χ1) is 16.7. The molecule has 4 rings (SSSR count). The van der Waals surface area contributed by atoms with E-state index in [2.05, 4.69) is 14.7 Å². The Labute approximate surface area is 198 Å². The number of alkyl halides is 1. The van der Waals surface area contributed by atoms with Crippen molar-refractivity contribution in [1.82, 2.24) is 19.1 Å². The van der Waals surface area contributed by atoms with Gasteiger partial charge in [-0.3, -0.25) is 14.2 Å². The number of carbonyl (C=O) groups is 2. The number of fused-ring (bicyclic) bond motifs is 1. The quantitative estimate of drug-likeness (QED) is 0.476. The second-order valence-electron chi connectivity index (χ2n) is 7.89. The van der Waals surface area contributed by atoms with Gasteiger partial charge in [-0.1, -0.05) is 12.1 Å². The van der Waals surface area contributed by atoms with Gasteiger partial charge in [-0.15, -0.1) is 0 Å². The number of anilines is 1. The summed E-state index contributed by atoms with van der Waals surface area (Å²) in [5, 5.41) is 0. The molecule has 12 nitrogen and oxygen atoms in total. The first-order valence-corrected chi connectivity index (χ1v) is 10.6. The molecular formula is C22H24FN5O7. The molecule has 4 atom stereocenters. The lowest BCUT2D eigenvalue weighted by molar-refractivity contribution is -0.154. The fourth-order valence-electron chi connectivity index (χ4n) is 4.00. The van der Waals surface area contributed by atoms with Gasteiger partial charge >= 0.3 is 17.6 Å². The second-order valence-corrected chi connectivity index (χ2v) is 7.89. The standard InChI is InChI=1S/C22H24FN5O7/c1-11(29)34-18-17(23)15(8-16(30)33-3)35-20(18)28-19-14(9-25-21(24)26-19)27(22(28)31)10-12-4-6-13(32-2)7-5-12/h4-7,9,15,17-18,20H,8,10H2,1-3H3,(H2,24,25,26)/t15-,17-,18-,20-/m1/s1. The third-order valence-corrected chi connectivity index (χ3v) is 5.64. The average molecular weight is 489 g/mol. The van der Waals surface area contributed by atoms with Crippen LogP contribution in [-0.4, -0.2) is 63.6 Å². The van der Waals surface area contributed by atoms with Crippen molar-refractivity contribution in [3.63, 3.8) is 0 Å². The molecule has 1 saturated heterocycles. The highest BCUT2D eigenvalue weighted by Gasteiger charge is 2.50. The molecule has 0 bridgehead atoms. The van der Waals surface area contributed by atoms with Crippen LogP contribution in [-0.2, 0) is 30.3 Å². The normalized spacial score (nSPS) is 21.7. The number of hydrogen-bond acceptors (Lipinski definition) is 10. The Bertz CT molecular complexity index is 1310. The molecule has 0 radical (unpaired) electrons. The van der Waals surface area contributed by atoms with Crippen molar-refractivity contribution in [3.8, 4) is 5.75 Å². The number of esters is 2.